The Morgan fingerprint density at radius 2 is 2.00 bits per heavy atom. The van der Waals surface area contributed by atoms with Crippen molar-refractivity contribution in [3.63, 3.8) is 0 Å². The third-order valence-corrected chi connectivity index (χ3v) is 5.66. The lowest BCUT2D eigenvalue weighted by molar-refractivity contribution is 0.00857. The van der Waals surface area contributed by atoms with Crippen molar-refractivity contribution >= 4 is 10.0 Å². The Kier molecular flexibility index (Phi) is 5.75. The molecule has 1 unspecified atom stereocenters. The molecule has 2 N–H and O–H groups in total. The van der Waals surface area contributed by atoms with E-state index >= 15 is 0 Å². The molecule has 1 fully saturated rings. The van der Waals surface area contributed by atoms with E-state index in [4.69, 9.17) is 10.5 Å². The van der Waals surface area contributed by atoms with Crippen LogP contribution in [0.15, 0.2) is 24.3 Å². The minimum Gasteiger partial charge on any atom is -0.377 e. The average Bonchev–Trinajstić information content (AvgIpc) is 2.48. The van der Waals surface area contributed by atoms with Crippen molar-refractivity contribution in [3.05, 3.63) is 35.4 Å². The monoisotopic (exact) mass is 312 g/mol. The summed E-state index contributed by atoms with van der Waals surface area (Å²) in [5.74, 6) is -0.0103. The molecule has 1 saturated heterocycles. The number of hydrogen-bond acceptors (Lipinski definition) is 4. The maximum atomic E-state index is 12.5. The first-order valence-electron chi connectivity index (χ1n) is 7.35. The van der Waals surface area contributed by atoms with Gasteiger partial charge in [0, 0.05) is 26.7 Å². The van der Waals surface area contributed by atoms with Gasteiger partial charge in [0.15, 0.2) is 0 Å². The zero-order valence-electron chi connectivity index (χ0n) is 12.5. The Morgan fingerprint density at radius 1 is 1.29 bits per heavy atom. The first kappa shape index (κ1) is 16.4. The number of hydrogen-bond donors (Lipinski definition) is 1. The number of sulfonamides is 1. The van der Waals surface area contributed by atoms with Crippen molar-refractivity contribution in [3.8, 4) is 0 Å². The van der Waals surface area contributed by atoms with Crippen LogP contribution < -0.4 is 5.73 Å². The largest absolute Gasteiger partial charge is 0.377 e. The number of ether oxygens (including phenoxy) is 1. The lowest BCUT2D eigenvalue weighted by atomic mass is 10.1. The maximum Gasteiger partial charge on any atom is 0.218 e. The lowest BCUT2D eigenvalue weighted by Gasteiger charge is -2.27. The van der Waals surface area contributed by atoms with Gasteiger partial charge in [-0.1, -0.05) is 24.3 Å². The molecule has 0 amide bonds. The van der Waals surface area contributed by atoms with Gasteiger partial charge in [-0.05, 0) is 30.4 Å². The summed E-state index contributed by atoms with van der Waals surface area (Å²) >= 11 is 0. The second-order valence-electron chi connectivity index (χ2n) is 5.50. The third kappa shape index (κ3) is 4.51. The molecule has 1 aliphatic rings. The Bertz CT molecular complexity index is 554. The van der Waals surface area contributed by atoms with Gasteiger partial charge in [0.05, 0.1) is 11.9 Å². The highest BCUT2D eigenvalue weighted by atomic mass is 32.2. The fourth-order valence-electron chi connectivity index (χ4n) is 2.56. The molecule has 0 aliphatic carbocycles. The quantitative estimate of drug-likeness (QED) is 0.863. The molecule has 1 atom stereocenters. The van der Waals surface area contributed by atoms with Gasteiger partial charge in [-0.2, -0.15) is 0 Å². The molecule has 0 aromatic heterocycles. The minimum atomic E-state index is -3.35. The third-order valence-electron chi connectivity index (χ3n) is 3.89. The Balaban J connectivity index is 2.03. The van der Waals surface area contributed by atoms with Gasteiger partial charge in [-0.25, -0.2) is 12.7 Å². The fourth-order valence-corrected chi connectivity index (χ4v) is 3.84. The highest BCUT2D eigenvalue weighted by Gasteiger charge is 2.24. The summed E-state index contributed by atoms with van der Waals surface area (Å²) in [6, 6.07) is 7.41. The van der Waals surface area contributed by atoms with Crippen LogP contribution in [0, 0.1) is 0 Å². The van der Waals surface area contributed by atoms with Gasteiger partial charge in [0.25, 0.3) is 0 Å². The van der Waals surface area contributed by atoms with E-state index in [2.05, 4.69) is 0 Å². The van der Waals surface area contributed by atoms with E-state index in [1.807, 2.05) is 24.3 Å². The van der Waals surface area contributed by atoms with Crippen molar-refractivity contribution in [2.45, 2.75) is 37.7 Å². The second-order valence-corrected chi connectivity index (χ2v) is 7.57. The van der Waals surface area contributed by atoms with Crippen molar-refractivity contribution in [2.75, 3.05) is 20.2 Å². The lowest BCUT2D eigenvalue weighted by Crippen LogP contribution is -2.37. The zero-order chi connectivity index (χ0) is 15.3. The highest BCUT2D eigenvalue weighted by molar-refractivity contribution is 7.88. The molecular formula is C15H24N2O3S. The van der Waals surface area contributed by atoms with E-state index in [1.165, 1.54) is 4.31 Å². The van der Waals surface area contributed by atoms with Crippen molar-refractivity contribution in [1.29, 1.82) is 0 Å². The number of benzene rings is 1. The van der Waals surface area contributed by atoms with E-state index in [-0.39, 0.29) is 11.9 Å². The molecule has 2 rings (SSSR count). The number of likely N-dealkylation sites (N-methyl/N-ethyl adjacent to an activating group) is 1. The van der Waals surface area contributed by atoms with E-state index in [9.17, 15) is 8.42 Å². The number of nitrogens with zero attached hydrogens (tertiary/aromatic N) is 1. The summed E-state index contributed by atoms with van der Waals surface area (Å²) in [6.07, 6.45) is 3.12. The van der Waals surface area contributed by atoms with Crippen LogP contribution in [-0.2, 0) is 27.1 Å². The Labute approximate surface area is 127 Å². The summed E-state index contributed by atoms with van der Waals surface area (Å²) in [5, 5.41) is 0. The molecule has 0 spiro atoms. The predicted molar refractivity (Wildman–Crippen MR) is 83.2 cm³/mol. The zero-order valence-corrected chi connectivity index (χ0v) is 13.3. The maximum absolute atomic E-state index is 12.5. The van der Waals surface area contributed by atoms with E-state index in [0.717, 1.165) is 37.0 Å². The van der Waals surface area contributed by atoms with Gasteiger partial charge in [0.2, 0.25) is 10.0 Å². The summed E-state index contributed by atoms with van der Waals surface area (Å²) in [6.45, 7) is 1.50. The molecule has 0 saturated carbocycles. The number of nitrogens with two attached hydrogens (primary N) is 1. The van der Waals surface area contributed by atoms with E-state index in [0.29, 0.717) is 13.1 Å². The van der Waals surface area contributed by atoms with Crippen LogP contribution in [0.2, 0.25) is 0 Å². The van der Waals surface area contributed by atoms with Gasteiger partial charge in [-0.15, -0.1) is 0 Å². The Morgan fingerprint density at radius 3 is 2.62 bits per heavy atom. The molecule has 1 aromatic carbocycles. The second kappa shape index (κ2) is 7.35. The van der Waals surface area contributed by atoms with Crippen LogP contribution in [0.25, 0.3) is 0 Å². The molecule has 118 valence electrons. The smallest absolute Gasteiger partial charge is 0.218 e. The van der Waals surface area contributed by atoms with Crippen molar-refractivity contribution < 1.29 is 13.2 Å². The molecular weight excluding hydrogens is 288 g/mol. The average molecular weight is 312 g/mol. The molecule has 1 heterocycles. The molecule has 0 radical (unpaired) electrons. The van der Waals surface area contributed by atoms with Gasteiger partial charge >= 0.3 is 0 Å². The van der Waals surface area contributed by atoms with Gasteiger partial charge in [0.1, 0.15) is 0 Å². The van der Waals surface area contributed by atoms with Crippen LogP contribution in [0.1, 0.15) is 30.4 Å². The first-order chi connectivity index (χ1) is 10.0. The molecule has 21 heavy (non-hydrogen) atoms. The van der Waals surface area contributed by atoms with Crippen LogP contribution in [-0.4, -0.2) is 39.0 Å². The van der Waals surface area contributed by atoms with Crippen molar-refractivity contribution in [2.24, 2.45) is 5.73 Å². The molecule has 6 heteroatoms. The van der Waals surface area contributed by atoms with Crippen molar-refractivity contribution in [1.82, 2.24) is 4.31 Å². The van der Waals surface area contributed by atoms with Crippen LogP contribution in [0.4, 0.5) is 0 Å². The highest BCUT2D eigenvalue weighted by Crippen LogP contribution is 2.18. The van der Waals surface area contributed by atoms with Crippen LogP contribution in [0.5, 0.6) is 0 Å². The number of rotatable bonds is 6. The summed E-state index contributed by atoms with van der Waals surface area (Å²) in [5.41, 5.74) is 7.32. The van der Waals surface area contributed by atoms with Crippen LogP contribution >= 0.6 is 0 Å². The molecule has 1 aromatic rings. The predicted octanol–water partition coefficient (Wildman–Crippen LogP) is 1.48. The molecule has 5 nitrogen and oxygen atoms in total. The Hall–Kier alpha value is -0.950. The standard InChI is InChI=1S/C15H24N2O3S/c1-17(11-15-8-4-5-9-20-15)21(18,19)12-14-7-3-2-6-13(14)10-16/h2-3,6-7,15H,4-5,8-12,16H2,1H3. The summed E-state index contributed by atoms with van der Waals surface area (Å²) in [4.78, 5) is 0. The molecule has 1 aliphatic heterocycles. The minimum absolute atomic E-state index is 0.0103. The molecule has 0 bridgehead atoms. The summed E-state index contributed by atoms with van der Waals surface area (Å²) < 4.78 is 32.0. The fraction of sp³-hybridized carbons (Fsp3) is 0.600. The topological polar surface area (TPSA) is 72.6 Å². The summed E-state index contributed by atoms with van der Waals surface area (Å²) in [7, 11) is -1.72. The van der Waals surface area contributed by atoms with Gasteiger partial charge < -0.3 is 10.5 Å². The first-order valence-corrected chi connectivity index (χ1v) is 8.96. The van der Waals surface area contributed by atoms with Gasteiger partial charge in [-0.3, -0.25) is 0 Å². The van der Waals surface area contributed by atoms with E-state index < -0.39 is 10.0 Å². The van der Waals surface area contributed by atoms with E-state index in [1.54, 1.807) is 7.05 Å². The normalized spacial score (nSPS) is 19.9. The SMILES string of the molecule is CN(CC1CCCCO1)S(=O)(=O)Cc1ccccc1CN. The van der Waals surface area contributed by atoms with Crippen LogP contribution in [0.3, 0.4) is 0 Å².